The maximum atomic E-state index is 11.2. The van der Waals surface area contributed by atoms with Crippen LogP contribution in [-0.2, 0) is 9.59 Å². The predicted molar refractivity (Wildman–Crippen MR) is 52.9 cm³/mol. The Hall–Kier alpha value is -1.16. The fourth-order valence-corrected chi connectivity index (χ4v) is 1.47. The number of hydrogen-bond donors (Lipinski definition) is 1. The molecule has 13 heavy (non-hydrogen) atoms. The highest BCUT2D eigenvalue weighted by Crippen LogP contribution is 2.15. The molecule has 0 atom stereocenters. The second-order valence-corrected chi connectivity index (χ2v) is 3.68. The Morgan fingerprint density at radius 3 is 2.77 bits per heavy atom. The summed E-state index contributed by atoms with van der Waals surface area (Å²) in [6.45, 7) is 1.48. The highest BCUT2D eigenvalue weighted by molar-refractivity contribution is 7.14. The zero-order chi connectivity index (χ0) is 9.68. The summed E-state index contributed by atoms with van der Waals surface area (Å²) < 4.78 is 0. The highest BCUT2D eigenvalue weighted by Gasteiger charge is 2.03. The van der Waals surface area contributed by atoms with E-state index in [0.29, 0.717) is 6.42 Å². The summed E-state index contributed by atoms with van der Waals surface area (Å²) in [5, 5.41) is 5.42. The molecule has 0 bridgehead atoms. The Kier molecular flexibility index (Phi) is 3.64. The van der Waals surface area contributed by atoms with Gasteiger partial charge in [0.2, 0.25) is 5.91 Å². The minimum Gasteiger partial charge on any atom is -0.318 e. The molecule has 0 aliphatic carbocycles. The first-order valence-electron chi connectivity index (χ1n) is 4.01. The van der Waals surface area contributed by atoms with E-state index in [0.717, 1.165) is 5.00 Å². The first kappa shape index (κ1) is 9.92. The fraction of sp³-hybridized carbons (Fsp3) is 0.333. The van der Waals surface area contributed by atoms with E-state index in [1.807, 2.05) is 17.5 Å². The molecule has 0 aromatic carbocycles. The molecule has 1 heterocycles. The van der Waals surface area contributed by atoms with Crippen molar-refractivity contribution in [3.8, 4) is 0 Å². The Morgan fingerprint density at radius 2 is 2.23 bits per heavy atom. The van der Waals surface area contributed by atoms with Gasteiger partial charge in [0.05, 0.1) is 5.00 Å². The minimum absolute atomic E-state index is 0.0429. The molecule has 1 rings (SSSR count). The second-order valence-electron chi connectivity index (χ2n) is 2.73. The van der Waals surface area contributed by atoms with Crippen molar-refractivity contribution in [2.45, 2.75) is 19.8 Å². The molecule has 0 spiro atoms. The number of carbonyl (C=O) groups is 2. The summed E-state index contributed by atoms with van der Waals surface area (Å²) in [4.78, 5) is 21.7. The summed E-state index contributed by atoms with van der Waals surface area (Å²) in [6.07, 6.45) is 0.588. The highest BCUT2D eigenvalue weighted by atomic mass is 32.1. The van der Waals surface area contributed by atoms with Crippen molar-refractivity contribution in [1.29, 1.82) is 0 Å². The maximum Gasteiger partial charge on any atom is 0.225 e. The topological polar surface area (TPSA) is 46.2 Å². The lowest BCUT2D eigenvalue weighted by atomic mass is 10.2. The summed E-state index contributed by atoms with van der Waals surface area (Å²) >= 11 is 1.47. The number of carbonyl (C=O) groups excluding carboxylic acids is 2. The molecular formula is C9H11NO2S. The summed E-state index contributed by atoms with van der Waals surface area (Å²) in [5.74, 6) is -0.0565. The molecule has 4 heteroatoms. The van der Waals surface area contributed by atoms with Crippen molar-refractivity contribution in [3.63, 3.8) is 0 Å². The van der Waals surface area contributed by atoms with Gasteiger partial charge in [-0.15, -0.1) is 11.3 Å². The van der Waals surface area contributed by atoms with Crippen LogP contribution in [0.3, 0.4) is 0 Å². The van der Waals surface area contributed by atoms with Gasteiger partial charge in [0.15, 0.2) is 0 Å². The molecule has 0 fully saturated rings. The van der Waals surface area contributed by atoms with Gasteiger partial charge in [-0.2, -0.15) is 0 Å². The number of hydrogen-bond acceptors (Lipinski definition) is 3. The molecule has 3 nitrogen and oxygen atoms in total. The van der Waals surface area contributed by atoms with Gasteiger partial charge in [0, 0.05) is 12.8 Å². The van der Waals surface area contributed by atoms with Gasteiger partial charge in [-0.1, -0.05) is 0 Å². The zero-order valence-electron chi connectivity index (χ0n) is 7.37. The van der Waals surface area contributed by atoms with Crippen LogP contribution in [0.5, 0.6) is 0 Å². The van der Waals surface area contributed by atoms with Gasteiger partial charge in [0.25, 0.3) is 0 Å². The SMILES string of the molecule is CC(=O)CCC(=O)Nc1cccs1. The van der Waals surface area contributed by atoms with Crippen LogP contribution in [0.2, 0.25) is 0 Å². The molecule has 1 amide bonds. The van der Waals surface area contributed by atoms with Gasteiger partial charge >= 0.3 is 0 Å². The Bertz CT molecular complexity index is 293. The molecule has 0 aliphatic heterocycles. The quantitative estimate of drug-likeness (QED) is 0.803. The number of thiophene rings is 1. The summed E-state index contributed by atoms with van der Waals surface area (Å²) in [7, 11) is 0. The van der Waals surface area contributed by atoms with Crippen molar-refractivity contribution in [2.24, 2.45) is 0 Å². The van der Waals surface area contributed by atoms with E-state index in [9.17, 15) is 9.59 Å². The van der Waals surface area contributed by atoms with Crippen LogP contribution in [0.15, 0.2) is 17.5 Å². The normalized spacial score (nSPS) is 9.62. The van der Waals surface area contributed by atoms with Crippen molar-refractivity contribution >= 4 is 28.0 Å². The van der Waals surface area contributed by atoms with Crippen molar-refractivity contribution in [2.75, 3.05) is 5.32 Å². The Labute approximate surface area is 80.8 Å². The third kappa shape index (κ3) is 3.85. The van der Waals surface area contributed by atoms with Crippen LogP contribution in [0.1, 0.15) is 19.8 Å². The van der Waals surface area contributed by atoms with Crippen LogP contribution in [0.25, 0.3) is 0 Å². The lowest BCUT2D eigenvalue weighted by Gasteiger charge is -1.99. The van der Waals surface area contributed by atoms with Gasteiger partial charge in [-0.3, -0.25) is 4.79 Å². The average molecular weight is 197 g/mol. The first-order chi connectivity index (χ1) is 6.18. The molecule has 1 aromatic heterocycles. The van der Waals surface area contributed by atoms with E-state index < -0.39 is 0 Å². The number of anilines is 1. The summed E-state index contributed by atoms with van der Waals surface area (Å²) in [6, 6.07) is 3.70. The van der Waals surface area contributed by atoms with E-state index in [4.69, 9.17) is 0 Å². The Morgan fingerprint density at radius 1 is 1.46 bits per heavy atom. The van der Waals surface area contributed by atoms with E-state index in [-0.39, 0.29) is 18.1 Å². The minimum atomic E-state index is -0.0994. The number of amides is 1. The van der Waals surface area contributed by atoms with E-state index in [1.54, 1.807) is 0 Å². The number of Topliss-reactive ketones (excluding diaryl/α,β-unsaturated/α-hetero) is 1. The van der Waals surface area contributed by atoms with Crippen molar-refractivity contribution < 1.29 is 9.59 Å². The van der Waals surface area contributed by atoms with Gasteiger partial charge in [-0.05, 0) is 24.4 Å². The van der Waals surface area contributed by atoms with E-state index in [2.05, 4.69) is 5.32 Å². The number of rotatable bonds is 4. The smallest absolute Gasteiger partial charge is 0.225 e. The first-order valence-corrected chi connectivity index (χ1v) is 4.89. The molecule has 1 aromatic rings. The molecule has 0 saturated heterocycles. The lowest BCUT2D eigenvalue weighted by molar-refractivity contribution is -0.121. The fourth-order valence-electron chi connectivity index (χ4n) is 0.839. The van der Waals surface area contributed by atoms with Gasteiger partial charge < -0.3 is 10.1 Å². The number of nitrogens with one attached hydrogen (secondary N) is 1. The van der Waals surface area contributed by atoms with Gasteiger partial charge in [-0.25, -0.2) is 0 Å². The third-order valence-corrected chi connectivity index (χ3v) is 2.27. The zero-order valence-corrected chi connectivity index (χ0v) is 8.19. The second kappa shape index (κ2) is 4.77. The van der Waals surface area contributed by atoms with Gasteiger partial charge in [0.1, 0.15) is 5.78 Å². The maximum absolute atomic E-state index is 11.2. The van der Waals surface area contributed by atoms with Crippen molar-refractivity contribution in [3.05, 3.63) is 17.5 Å². The standard InChI is InChI=1S/C9H11NO2S/c1-7(11)4-5-8(12)10-9-3-2-6-13-9/h2-3,6H,4-5H2,1H3,(H,10,12). The average Bonchev–Trinajstić information content (AvgIpc) is 2.53. The Balaban J connectivity index is 2.30. The predicted octanol–water partition coefficient (Wildman–Crippen LogP) is 2.06. The lowest BCUT2D eigenvalue weighted by Crippen LogP contribution is -2.11. The summed E-state index contributed by atoms with van der Waals surface area (Å²) in [5.41, 5.74) is 0. The molecule has 1 N–H and O–H groups in total. The van der Waals surface area contributed by atoms with Crippen molar-refractivity contribution in [1.82, 2.24) is 0 Å². The molecule has 70 valence electrons. The molecule has 0 unspecified atom stereocenters. The molecule has 0 radical (unpaired) electrons. The van der Waals surface area contributed by atoms with E-state index >= 15 is 0 Å². The monoisotopic (exact) mass is 197 g/mol. The number of ketones is 1. The van der Waals surface area contributed by atoms with Crippen LogP contribution < -0.4 is 5.32 Å². The molecule has 0 aliphatic rings. The van der Waals surface area contributed by atoms with Crippen LogP contribution in [0, 0.1) is 0 Å². The third-order valence-electron chi connectivity index (χ3n) is 1.49. The van der Waals surface area contributed by atoms with Crippen LogP contribution in [0.4, 0.5) is 5.00 Å². The molecule has 0 saturated carbocycles. The largest absolute Gasteiger partial charge is 0.318 e. The van der Waals surface area contributed by atoms with E-state index in [1.165, 1.54) is 18.3 Å². The van der Waals surface area contributed by atoms with Crippen LogP contribution in [-0.4, -0.2) is 11.7 Å². The molecular weight excluding hydrogens is 186 g/mol. The van der Waals surface area contributed by atoms with Crippen LogP contribution >= 0.6 is 11.3 Å².